The van der Waals surface area contributed by atoms with Crippen molar-refractivity contribution in [2.45, 2.75) is 17.6 Å². The van der Waals surface area contributed by atoms with Gasteiger partial charge in [0.05, 0.1) is 29.4 Å². The van der Waals surface area contributed by atoms with Crippen molar-refractivity contribution in [2.75, 3.05) is 42.1 Å². The number of carbonyl (C=O) groups is 1. The van der Waals surface area contributed by atoms with Gasteiger partial charge in [0, 0.05) is 25.3 Å². The smallest absolute Gasteiger partial charge is 0.378 e. The van der Waals surface area contributed by atoms with Gasteiger partial charge in [-0.1, -0.05) is 36.4 Å². The molecule has 3 aromatic carbocycles. The number of hydrogen-bond acceptors (Lipinski definition) is 5. The van der Waals surface area contributed by atoms with Crippen molar-refractivity contribution in [3.8, 4) is 0 Å². The summed E-state index contributed by atoms with van der Waals surface area (Å²) in [6.07, 6.45) is -4.67. The van der Waals surface area contributed by atoms with Gasteiger partial charge in [-0.05, 0) is 48.0 Å². The molecule has 11 heteroatoms. The number of morpholine rings is 1. The van der Waals surface area contributed by atoms with Crippen molar-refractivity contribution in [3.05, 3.63) is 90.0 Å². The summed E-state index contributed by atoms with van der Waals surface area (Å²) in [5.74, 6) is -0.658. The van der Waals surface area contributed by atoms with E-state index in [9.17, 15) is 26.4 Å². The Kier molecular flexibility index (Phi) is 8.03. The van der Waals surface area contributed by atoms with Gasteiger partial charge < -0.3 is 15.0 Å². The predicted molar refractivity (Wildman–Crippen MR) is 134 cm³/mol. The average molecular weight is 534 g/mol. The van der Waals surface area contributed by atoms with Gasteiger partial charge in [-0.3, -0.25) is 9.10 Å². The number of nitrogens with one attached hydrogen (secondary N) is 1. The minimum Gasteiger partial charge on any atom is -0.378 e. The second-order valence-electron chi connectivity index (χ2n) is 8.42. The Balaban J connectivity index is 1.51. The molecular weight excluding hydrogens is 507 g/mol. The third-order valence-electron chi connectivity index (χ3n) is 5.88. The van der Waals surface area contributed by atoms with Crippen LogP contribution in [0.25, 0.3) is 0 Å². The topological polar surface area (TPSA) is 79.0 Å². The Morgan fingerprint density at radius 2 is 1.62 bits per heavy atom. The van der Waals surface area contributed by atoms with Gasteiger partial charge in [0.15, 0.2) is 0 Å². The van der Waals surface area contributed by atoms with Gasteiger partial charge in [0.25, 0.3) is 10.0 Å². The van der Waals surface area contributed by atoms with Crippen molar-refractivity contribution >= 4 is 27.3 Å². The van der Waals surface area contributed by atoms with Crippen LogP contribution >= 0.6 is 0 Å². The van der Waals surface area contributed by atoms with Crippen LogP contribution in [0.15, 0.2) is 83.8 Å². The molecule has 0 spiro atoms. The fourth-order valence-corrected chi connectivity index (χ4v) is 5.34. The molecule has 1 fully saturated rings. The van der Waals surface area contributed by atoms with E-state index in [1.54, 1.807) is 6.07 Å². The molecule has 1 amide bonds. The molecule has 0 unspecified atom stereocenters. The maximum Gasteiger partial charge on any atom is 0.416 e. The largest absolute Gasteiger partial charge is 0.416 e. The van der Waals surface area contributed by atoms with Gasteiger partial charge in [0.2, 0.25) is 5.91 Å². The average Bonchev–Trinajstić information content (AvgIpc) is 2.91. The molecule has 7 nitrogen and oxygen atoms in total. The summed E-state index contributed by atoms with van der Waals surface area (Å²) < 4.78 is 72.7. The first-order chi connectivity index (χ1) is 17.6. The fraction of sp³-hybridized carbons (Fsp3) is 0.269. The highest BCUT2D eigenvalue weighted by atomic mass is 32.2. The van der Waals surface area contributed by atoms with E-state index in [4.69, 9.17) is 4.74 Å². The standard InChI is InChI=1S/C26H26F3N3O4S/c27-26(28,29)21-5-4-6-23(17-21)32(37(34,35)24-7-2-1-3-8-24)19-25(33)30-18-20-9-11-22(12-10-20)31-13-15-36-16-14-31/h1-12,17H,13-16,18-19H2,(H,30,33). The Labute approximate surface area is 213 Å². The Morgan fingerprint density at radius 1 is 0.946 bits per heavy atom. The number of rotatable bonds is 8. The molecule has 4 rings (SSSR count). The molecule has 1 aliphatic heterocycles. The number of nitrogens with zero attached hydrogens (tertiary/aromatic N) is 2. The molecular formula is C26H26F3N3O4S. The van der Waals surface area contributed by atoms with Gasteiger partial charge in [0.1, 0.15) is 6.54 Å². The first-order valence-corrected chi connectivity index (χ1v) is 13.0. The number of alkyl halides is 3. The van der Waals surface area contributed by atoms with E-state index in [-0.39, 0.29) is 17.1 Å². The molecule has 1 heterocycles. The Bertz CT molecular complexity index is 1310. The van der Waals surface area contributed by atoms with Crippen molar-refractivity contribution in [2.24, 2.45) is 0 Å². The molecule has 196 valence electrons. The van der Waals surface area contributed by atoms with Crippen LogP contribution in [0.5, 0.6) is 0 Å². The molecule has 0 radical (unpaired) electrons. The summed E-state index contributed by atoms with van der Waals surface area (Å²) in [4.78, 5) is 14.9. The van der Waals surface area contributed by atoms with Crippen LogP contribution in [0.4, 0.5) is 24.5 Å². The number of carbonyl (C=O) groups excluding carboxylic acids is 1. The molecule has 3 aromatic rings. The zero-order valence-corrected chi connectivity index (χ0v) is 20.6. The number of benzene rings is 3. The van der Waals surface area contributed by atoms with Crippen LogP contribution < -0.4 is 14.5 Å². The lowest BCUT2D eigenvalue weighted by Crippen LogP contribution is -2.40. The third kappa shape index (κ3) is 6.60. The number of amides is 1. The van der Waals surface area contributed by atoms with Crippen LogP contribution in [0.2, 0.25) is 0 Å². The highest BCUT2D eigenvalue weighted by Crippen LogP contribution is 2.33. The normalized spacial score (nSPS) is 14.3. The van der Waals surface area contributed by atoms with E-state index in [1.807, 2.05) is 24.3 Å². The van der Waals surface area contributed by atoms with Crippen molar-refractivity contribution in [3.63, 3.8) is 0 Å². The SMILES string of the molecule is O=C(CN(c1cccc(C(F)(F)F)c1)S(=O)(=O)c1ccccc1)NCc1ccc(N2CCOCC2)cc1. The molecule has 1 aliphatic rings. The summed E-state index contributed by atoms with van der Waals surface area (Å²) >= 11 is 0. The fourth-order valence-electron chi connectivity index (χ4n) is 3.91. The number of ether oxygens (including phenoxy) is 1. The lowest BCUT2D eigenvalue weighted by molar-refractivity contribution is -0.137. The molecule has 1 saturated heterocycles. The minimum absolute atomic E-state index is 0.129. The zero-order chi connectivity index (χ0) is 26.5. The van der Waals surface area contributed by atoms with Crippen LogP contribution in [0.1, 0.15) is 11.1 Å². The maximum absolute atomic E-state index is 13.3. The summed E-state index contributed by atoms with van der Waals surface area (Å²) in [7, 11) is -4.32. The zero-order valence-electron chi connectivity index (χ0n) is 19.8. The number of sulfonamides is 1. The highest BCUT2D eigenvalue weighted by Gasteiger charge is 2.33. The number of halogens is 3. The molecule has 0 aliphatic carbocycles. The van der Waals surface area contributed by atoms with Crippen LogP contribution in [-0.4, -0.2) is 47.2 Å². The second-order valence-corrected chi connectivity index (χ2v) is 10.3. The summed E-state index contributed by atoms with van der Waals surface area (Å²) in [5.41, 5.74) is 0.549. The van der Waals surface area contributed by atoms with Gasteiger partial charge in [-0.15, -0.1) is 0 Å². The summed E-state index contributed by atoms with van der Waals surface area (Å²) in [6, 6.07) is 18.7. The lowest BCUT2D eigenvalue weighted by atomic mass is 10.2. The van der Waals surface area contributed by atoms with Gasteiger partial charge in [-0.2, -0.15) is 13.2 Å². The molecule has 0 aromatic heterocycles. The molecule has 1 N–H and O–H groups in total. The molecule has 0 atom stereocenters. The molecule has 0 bridgehead atoms. The molecule has 0 saturated carbocycles. The van der Waals surface area contributed by atoms with E-state index in [2.05, 4.69) is 10.2 Å². The monoisotopic (exact) mass is 533 g/mol. The first-order valence-electron chi connectivity index (χ1n) is 11.6. The van der Waals surface area contributed by atoms with Crippen LogP contribution in [0, 0.1) is 0 Å². The van der Waals surface area contributed by atoms with Crippen LogP contribution in [-0.2, 0) is 32.3 Å². The number of hydrogen-bond donors (Lipinski definition) is 1. The maximum atomic E-state index is 13.3. The minimum atomic E-state index is -4.67. The van der Waals surface area contributed by atoms with Crippen molar-refractivity contribution < 1.29 is 31.1 Å². The molecule has 37 heavy (non-hydrogen) atoms. The van der Waals surface area contributed by atoms with Crippen molar-refractivity contribution in [1.82, 2.24) is 5.32 Å². The van der Waals surface area contributed by atoms with E-state index in [1.165, 1.54) is 30.3 Å². The predicted octanol–water partition coefficient (Wildman–Crippen LogP) is 4.05. The van der Waals surface area contributed by atoms with E-state index in [0.717, 1.165) is 42.5 Å². The Hall–Kier alpha value is -3.57. The van der Waals surface area contributed by atoms with E-state index < -0.39 is 34.2 Å². The van der Waals surface area contributed by atoms with Crippen LogP contribution in [0.3, 0.4) is 0 Å². The number of anilines is 2. The quantitative estimate of drug-likeness (QED) is 0.473. The van der Waals surface area contributed by atoms with Gasteiger partial charge in [-0.25, -0.2) is 8.42 Å². The Morgan fingerprint density at radius 3 is 2.27 bits per heavy atom. The van der Waals surface area contributed by atoms with E-state index in [0.29, 0.717) is 17.5 Å². The second kappa shape index (κ2) is 11.2. The lowest BCUT2D eigenvalue weighted by Gasteiger charge is -2.29. The third-order valence-corrected chi connectivity index (χ3v) is 7.67. The summed E-state index contributed by atoms with van der Waals surface area (Å²) in [5, 5.41) is 2.67. The van der Waals surface area contributed by atoms with Crippen molar-refractivity contribution in [1.29, 1.82) is 0 Å². The summed E-state index contributed by atoms with van der Waals surface area (Å²) in [6.45, 7) is 2.33. The highest BCUT2D eigenvalue weighted by molar-refractivity contribution is 7.92. The van der Waals surface area contributed by atoms with Gasteiger partial charge >= 0.3 is 6.18 Å². The first kappa shape index (κ1) is 26.5. The van der Waals surface area contributed by atoms with E-state index >= 15 is 0 Å².